The third-order valence-corrected chi connectivity index (χ3v) is 5.70. The Bertz CT molecular complexity index is 878. The van der Waals surface area contributed by atoms with Crippen LogP contribution in [0.1, 0.15) is 51.2 Å². The van der Waals surface area contributed by atoms with Crippen molar-refractivity contribution in [3.63, 3.8) is 0 Å². The SMILES string of the molecule is Cc1nc(C(=O)N2CCC(c3cc(Cc4ccccc4)[nH]n3)CC2)cs1. The molecule has 3 heterocycles. The monoisotopic (exact) mass is 366 g/mol. The molecule has 4 rings (SSSR count). The van der Waals surface area contributed by atoms with E-state index in [0.29, 0.717) is 11.6 Å². The lowest BCUT2D eigenvalue weighted by molar-refractivity contribution is 0.0707. The largest absolute Gasteiger partial charge is 0.337 e. The average Bonchev–Trinajstić information content (AvgIpc) is 3.31. The Balaban J connectivity index is 1.35. The van der Waals surface area contributed by atoms with Crippen LogP contribution in [0.4, 0.5) is 0 Å². The van der Waals surface area contributed by atoms with E-state index in [-0.39, 0.29) is 5.91 Å². The first-order valence-corrected chi connectivity index (χ1v) is 9.86. The number of piperidine rings is 1. The molecule has 0 radical (unpaired) electrons. The van der Waals surface area contributed by atoms with Crippen LogP contribution in [-0.4, -0.2) is 39.1 Å². The van der Waals surface area contributed by atoms with E-state index < -0.39 is 0 Å². The molecule has 0 atom stereocenters. The van der Waals surface area contributed by atoms with Gasteiger partial charge in [-0.05, 0) is 31.4 Å². The maximum Gasteiger partial charge on any atom is 0.273 e. The summed E-state index contributed by atoms with van der Waals surface area (Å²) in [7, 11) is 0. The van der Waals surface area contributed by atoms with Gasteiger partial charge in [-0.15, -0.1) is 11.3 Å². The molecular weight excluding hydrogens is 344 g/mol. The summed E-state index contributed by atoms with van der Waals surface area (Å²) in [5.74, 6) is 0.469. The Labute approximate surface area is 157 Å². The van der Waals surface area contributed by atoms with E-state index in [0.717, 1.165) is 48.7 Å². The van der Waals surface area contributed by atoms with Crippen molar-refractivity contribution in [2.45, 2.75) is 32.1 Å². The zero-order valence-electron chi connectivity index (χ0n) is 14.8. The van der Waals surface area contributed by atoms with Crippen molar-refractivity contribution in [3.05, 3.63) is 69.4 Å². The van der Waals surface area contributed by atoms with Crippen molar-refractivity contribution in [3.8, 4) is 0 Å². The fraction of sp³-hybridized carbons (Fsp3) is 0.350. The van der Waals surface area contributed by atoms with E-state index >= 15 is 0 Å². The molecule has 6 heteroatoms. The Morgan fingerprint density at radius 1 is 1.27 bits per heavy atom. The average molecular weight is 366 g/mol. The van der Waals surface area contributed by atoms with Crippen LogP contribution in [0, 0.1) is 6.92 Å². The zero-order valence-corrected chi connectivity index (χ0v) is 15.6. The maximum atomic E-state index is 12.5. The van der Waals surface area contributed by atoms with E-state index in [4.69, 9.17) is 0 Å². The number of aromatic amines is 1. The maximum absolute atomic E-state index is 12.5. The third-order valence-electron chi connectivity index (χ3n) is 4.93. The Kier molecular flexibility index (Phi) is 4.84. The Hall–Kier alpha value is -2.47. The predicted molar refractivity (Wildman–Crippen MR) is 103 cm³/mol. The molecule has 0 spiro atoms. The summed E-state index contributed by atoms with van der Waals surface area (Å²) in [6.07, 6.45) is 2.77. The highest BCUT2D eigenvalue weighted by Gasteiger charge is 2.27. The molecule has 0 unspecified atom stereocenters. The standard InChI is InChI=1S/C20H22N4OS/c1-14-21-19(13-26-14)20(25)24-9-7-16(8-10-24)18-12-17(22-23-18)11-15-5-3-2-4-6-15/h2-6,12-13,16H,7-11H2,1H3,(H,22,23). The van der Waals surface area contributed by atoms with Crippen LogP contribution in [0.25, 0.3) is 0 Å². The van der Waals surface area contributed by atoms with Gasteiger partial charge in [-0.25, -0.2) is 4.98 Å². The summed E-state index contributed by atoms with van der Waals surface area (Å²) in [6.45, 7) is 3.46. The molecular formula is C20H22N4OS. The fourth-order valence-electron chi connectivity index (χ4n) is 3.50. The lowest BCUT2D eigenvalue weighted by Crippen LogP contribution is -2.38. The molecule has 1 saturated heterocycles. The lowest BCUT2D eigenvalue weighted by Gasteiger charge is -2.30. The second-order valence-electron chi connectivity index (χ2n) is 6.80. The second-order valence-corrected chi connectivity index (χ2v) is 7.86. The van der Waals surface area contributed by atoms with Crippen LogP contribution >= 0.6 is 11.3 Å². The molecule has 1 aliphatic heterocycles. The van der Waals surface area contributed by atoms with Gasteiger partial charge in [0.25, 0.3) is 5.91 Å². The highest BCUT2D eigenvalue weighted by atomic mass is 32.1. The van der Waals surface area contributed by atoms with Gasteiger partial charge in [0.2, 0.25) is 0 Å². The molecule has 0 saturated carbocycles. The molecule has 1 aromatic carbocycles. The van der Waals surface area contributed by atoms with Crippen LogP contribution in [-0.2, 0) is 6.42 Å². The number of likely N-dealkylation sites (tertiary alicyclic amines) is 1. The van der Waals surface area contributed by atoms with Gasteiger partial charge < -0.3 is 4.90 Å². The van der Waals surface area contributed by atoms with Crippen LogP contribution in [0.15, 0.2) is 41.8 Å². The van der Waals surface area contributed by atoms with E-state index in [2.05, 4.69) is 45.5 Å². The van der Waals surface area contributed by atoms with Gasteiger partial charge in [-0.1, -0.05) is 30.3 Å². The van der Waals surface area contributed by atoms with Crippen molar-refractivity contribution in [2.75, 3.05) is 13.1 Å². The number of H-pyrrole nitrogens is 1. The number of carbonyl (C=O) groups excluding carboxylic acids is 1. The first-order valence-electron chi connectivity index (χ1n) is 8.98. The summed E-state index contributed by atoms with van der Waals surface area (Å²) >= 11 is 1.52. The number of hydrogen-bond acceptors (Lipinski definition) is 4. The molecule has 3 aromatic rings. The molecule has 5 nitrogen and oxygen atoms in total. The van der Waals surface area contributed by atoms with Crippen molar-refractivity contribution < 1.29 is 4.79 Å². The summed E-state index contributed by atoms with van der Waals surface area (Å²) < 4.78 is 0. The summed E-state index contributed by atoms with van der Waals surface area (Å²) in [4.78, 5) is 18.7. The molecule has 1 aliphatic rings. The highest BCUT2D eigenvalue weighted by molar-refractivity contribution is 7.09. The third kappa shape index (κ3) is 3.70. The molecule has 0 bridgehead atoms. The minimum atomic E-state index is 0.0552. The fourth-order valence-corrected chi connectivity index (χ4v) is 4.08. The molecule has 1 amide bonds. The molecule has 1 fully saturated rings. The van der Waals surface area contributed by atoms with E-state index in [1.165, 1.54) is 16.9 Å². The normalized spacial score (nSPS) is 15.3. The van der Waals surface area contributed by atoms with Crippen molar-refractivity contribution in [1.82, 2.24) is 20.1 Å². The van der Waals surface area contributed by atoms with Gasteiger partial charge >= 0.3 is 0 Å². The topological polar surface area (TPSA) is 61.9 Å². The van der Waals surface area contributed by atoms with Crippen LogP contribution in [0.3, 0.4) is 0 Å². The number of aryl methyl sites for hydroxylation is 1. The minimum absolute atomic E-state index is 0.0552. The van der Waals surface area contributed by atoms with E-state index in [9.17, 15) is 4.79 Å². The van der Waals surface area contributed by atoms with Gasteiger partial charge in [-0.2, -0.15) is 5.10 Å². The van der Waals surface area contributed by atoms with E-state index in [1.54, 1.807) is 0 Å². The van der Waals surface area contributed by atoms with Gasteiger partial charge in [0, 0.05) is 36.5 Å². The lowest BCUT2D eigenvalue weighted by atomic mass is 9.93. The minimum Gasteiger partial charge on any atom is -0.337 e. The van der Waals surface area contributed by atoms with Crippen molar-refractivity contribution in [1.29, 1.82) is 0 Å². The quantitative estimate of drug-likeness (QED) is 0.764. The number of amides is 1. The Morgan fingerprint density at radius 3 is 2.73 bits per heavy atom. The van der Waals surface area contributed by atoms with Crippen LogP contribution in [0.5, 0.6) is 0 Å². The number of aromatic nitrogens is 3. The molecule has 134 valence electrons. The summed E-state index contributed by atoms with van der Waals surface area (Å²) in [5.41, 5.74) is 4.12. The van der Waals surface area contributed by atoms with Crippen LogP contribution in [0.2, 0.25) is 0 Å². The predicted octanol–water partition coefficient (Wildman–Crippen LogP) is 3.79. The summed E-state index contributed by atoms with van der Waals surface area (Å²) in [6, 6.07) is 12.6. The van der Waals surface area contributed by atoms with Crippen molar-refractivity contribution >= 4 is 17.2 Å². The van der Waals surface area contributed by atoms with Gasteiger partial charge in [0.05, 0.1) is 10.7 Å². The first-order chi connectivity index (χ1) is 12.7. The molecule has 26 heavy (non-hydrogen) atoms. The van der Waals surface area contributed by atoms with Gasteiger partial charge in [-0.3, -0.25) is 9.89 Å². The van der Waals surface area contributed by atoms with Crippen LogP contribution < -0.4 is 0 Å². The summed E-state index contributed by atoms with van der Waals surface area (Å²) in [5, 5.41) is 10.5. The Morgan fingerprint density at radius 2 is 2.04 bits per heavy atom. The van der Waals surface area contributed by atoms with Gasteiger partial charge in [0.1, 0.15) is 5.69 Å². The van der Waals surface area contributed by atoms with Gasteiger partial charge in [0.15, 0.2) is 0 Å². The number of benzene rings is 1. The smallest absolute Gasteiger partial charge is 0.273 e. The highest BCUT2D eigenvalue weighted by Crippen LogP contribution is 2.28. The molecule has 2 aromatic heterocycles. The zero-order chi connectivity index (χ0) is 17.9. The number of nitrogens with zero attached hydrogens (tertiary/aromatic N) is 3. The second kappa shape index (κ2) is 7.41. The van der Waals surface area contributed by atoms with E-state index in [1.807, 2.05) is 23.3 Å². The number of hydrogen-bond donors (Lipinski definition) is 1. The number of thiazole rings is 1. The van der Waals surface area contributed by atoms with Crippen molar-refractivity contribution in [2.24, 2.45) is 0 Å². The number of nitrogens with one attached hydrogen (secondary N) is 1. The molecule has 1 N–H and O–H groups in total. The number of rotatable bonds is 4. The molecule has 0 aliphatic carbocycles. The number of carbonyl (C=O) groups is 1. The first kappa shape index (κ1) is 17.0.